The molecule has 1 aliphatic heterocycles. The normalized spacial score (nSPS) is 17.9. The van der Waals surface area contributed by atoms with E-state index in [2.05, 4.69) is 9.97 Å². The summed E-state index contributed by atoms with van der Waals surface area (Å²) in [6.07, 6.45) is 4.11. The lowest BCUT2D eigenvalue weighted by molar-refractivity contribution is -0.118. The van der Waals surface area contributed by atoms with Crippen LogP contribution in [0.3, 0.4) is 0 Å². The van der Waals surface area contributed by atoms with Crippen LogP contribution >= 0.6 is 11.6 Å². The van der Waals surface area contributed by atoms with Crippen LogP contribution in [0.15, 0.2) is 36.7 Å². The molecule has 1 atom stereocenters. The molecule has 114 valence electrons. The number of benzene rings is 1. The molecule has 0 aliphatic carbocycles. The highest BCUT2D eigenvalue weighted by atomic mass is 35.5. The van der Waals surface area contributed by atoms with Gasteiger partial charge in [0.05, 0.1) is 22.6 Å². The molecule has 2 heterocycles. The number of carbonyl (C=O) groups is 1. The Morgan fingerprint density at radius 3 is 2.82 bits per heavy atom. The van der Waals surface area contributed by atoms with E-state index < -0.39 is 0 Å². The Hall–Kier alpha value is -2.14. The highest BCUT2D eigenvalue weighted by Crippen LogP contribution is 2.31. The first kappa shape index (κ1) is 14.8. The van der Waals surface area contributed by atoms with Gasteiger partial charge in [-0.15, -0.1) is 0 Å². The summed E-state index contributed by atoms with van der Waals surface area (Å²) >= 11 is 6.20. The third kappa shape index (κ3) is 2.64. The van der Waals surface area contributed by atoms with Crippen LogP contribution in [0.1, 0.15) is 12.1 Å². The number of likely N-dealkylation sites (N-methyl/N-ethyl adjacent to an activating group) is 1. The fraction of sp³-hybridized carbons (Fsp3) is 0.312. The quantitative estimate of drug-likeness (QED) is 0.873. The second-order valence-electron chi connectivity index (χ2n) is 5.38. The van der Waals surface area contributed by atoms with E-state index in [0.29, 0.717) is 17.4 Å². The van der Waals surface area contributed by atoms with E-state index in [-0.39, 0.29) is 11.9 Å². The molecule has 1 aliphatic rings. The lowest BCUT2D eigenvalue weighted by Gasteiger charge is -2.25. The van der Waals surface area contributed by atoms with Gasteiger partial charge in [0, 0.05) is 19.8 Å². The fourth-order valence-corrected chi connectivity index (χ4v) is 2.95. The molecular formula is C16H17ClN4O. The number of halogens is 1. The maximum atomic E-state index is 12.7. The molecule has 1 unspecified atom stereocenters. The minimum Gasteiger partial charge on any atom is -0.346 e. The number of para-hydroxylation sites is 1. The van der Waals surface area contributed by atoms with Gasteiger partial charge in [-0.2, -0.15) is 0 Å². The number of hydrogen-bond acceptors (Lipinski definition) is 4. The van der Waals surface area contributed by atoms with Gasteiger partial charge in [0.25, 0.3) is 0 Å². The van der Waals surface area contributed by atoms with Crippen molar-refractivity contribution in [1.82, 2.24) is 9.97 Å². The number of aryl methyl sites for hydroxylation is 1. The van der Waals surface area contributed by atoms with E-state index >= 15 is 0 Å². The molecule has 1 saturated heterocycles. The van der Waals surface area contributed by atoms with Crippen LogP contribution in [0.4, 0.5) is 11.5 Å². The van der Waals surface area contributed by atoms with Gasteiger partial charge >= 0.3 is 0 Å². The number of aromatic nitrogens is 2. The van der Waals surface area contributed by atoms with Gasteiger partial charge in [0.15, 0.2) is 0 Å². The summed E-state index contributed by atoms with van der Waals surface area (Å²) < 4.78 is 0. The van der Waals surface area contributed by atoms with E-state index in [1.165, 1.54) is 0 Å². The number of hydrogen-bond donors (Lipinski definition) is 0. The standard InChI is InChI=1S/C16H17ClN4O/c1-11-9-18-10-15(19-11)20(2)14-7-8-21(16(14)22)13-6-4-3-5-12(13)17/h3-6,9-10,14H,7-8H2,1-2H3. The largest absolute Gasteiger partial charge is 0.346 e. The fourth-order valence-electron chi connectivity index (χ4n) is 2.71. The summed E-state index contributed by atoms with van der Waals surface area (Å²) in [5.41, 5.74) is 1.60. The van der Waals surface area contributed by atoms with E-state index in [9.17, 15) is 4.79 Å². The zero-order valence-corrected chi connectivity index (χ0v) is 13.3. The molecule has 0 spiro atoms. The smallest absolute Gasteiger partial charge is 0.249 e. The van der Waals surface area contributed by atoms with Crippen molar-refractivity contribution in [2.75, 3.05) is 23.4 Å². The van der Waals surface area contributed by atoms with Crippen molar-refractivity contribution in [3.05, 3.63) is 47.4 Å². The summed E-state index contributed by atoms with van der Waals surface area (Å²) in [4.78, 5) is 24.9. The van der Waals surface area contributed by atoms with Crippen LogP contribution in [0.25, 0.3) is 0 Å². The van der Waals surface area contributed by atoms with Gasteiger partial charge in [0.1, 0.15) is 11.9 Å². The van der Waals surface area contributed by atoms with Gasteiger partial charge in [-0.25, -0.2) is 4.98 Å². The molecular weight excluding hydrogens is 300 g/mol. The Labute approximate surface area is 134 Å². The van der Waals surface area contributed by atoms with Gasteiger partial charge in [-0.3, -0.25) is 9.78 Å². The Bertz CT molecular complexity index is 706. The maximum absolute atomic E-state index is 12.7. The third-order valence-corrected chi connectivity index (χ3v) is 4.21. The van der Waals surface area contributed by atoms with Gasteiger partial charge in [0.2, 0.25) is 5.91 Å². The zero-order valence-electron chi connectivity index (χ0n) is 12.5. The van der Waals surface area contributed by atoms with Crippen molar-refractivity contribution in [2.24, 2.45) is 0 Å². The number of anilines is 2. The van der Waals surface area contributed by atoms with Crippen molar-refractivity contribution in [2.45, 2.75) is 19.4 Å². The van der Waals surface area contributed by atoms with E-state index in [4.69, 9.17) is 11.6 Å². The van der Waals surface area contributed by atoms with Crippen LogP contribution in [0, 0.1) is 6.92 Å². The van der Waals surface area contributed by atoms with E-state index in [1.807, 2.05) is 37.1 Å². The first-order chi connectivity index (χ1) is 10.6. The molecule has 22 heavy (non-hydrogen) atoms. The summed E-state index contributed by atoms with van der Waals surface area (Å²) in [6.45, 7) is 2.54. The topological polar surface area (TPSA) is 49.3 Å². The summed E-state index contributed by atoms with van der Waals surface area (Å²) in [5.74, 6) is 0.748. The molecule has 1 aromatic carbocycles. The Morgan fingerprint density at radius 2 is 2.09 bits per heavy atom. The predicted molar refractivity (Wildman–Crippen MR) is 87.4 cm³/mol. The number of carbonyl (C=O) groups excluding carboxylic acids is 1. The van der Waals surface area contributed by atoms with Gasteiger partial charge < -0.3 is 9.80 Å². The van der Waals surface area contributed by atoms with E-state index in [1.54, 1.807) is 23.4 Å². The Morgan fingerprint density at radius 1 is 1.32 bits per heavy atom. The third-order valence-electron chi connectivity index (χ3n) is 3.89. The molecule has 6 heteroatoms. The minimum absolute atomic E-state index is 0.0407. The first-order valence-corrected chi connectivity index (χ1v) is 7.53. The molecule has 0 saturated carbocycles. The van der Waals surface area contributed by atoms with Crippen LogP contribution in [-0.4, -0.2) is 35.5 Å². The van der Waals surface area contributed by atoms with Crippen LogP contribution < -0.4 is 9.80 Å². The first-order valence-electron chi connectivity index (χ1n) is 7.15. The molecule has 1 aromatic heterocycles. The second kappa shape index (κ2) is 5.93. The lowest BCUT2D eigenvalue weighted by Crippen LogP contribution is -2.40. The lowest BCUT2D eigenvalue weighted by atomic mass is 10.2. The Kier molecular flexibility index (Phi) is 3.98. The average Bonchev–Trinajstić information content (AvgIpc) is 2.88. The minimum atomic E-state index is -0.243. The van der Waals surface area contributed by atoms with Crippen LogP contribution in [0.5, 0.6) is 0 Å². The zero-order chi connectivity index (χ0) is 15.7. The molecule has 1 fully saturated rings. The SMILES string of the molecule is Cc1cncc(N(C)C2CCN(c3ccccc3Cl)C2=O)n1. The van der Waals surface area contributed by atoms with Crippen LogP contribution in [-0.2, 0) is 4.79 Å². The number of nitrogens with zero attached hydrogens (tertiary/aromatic N) is 4. The highest BCUT2D eigenvalue weighted by Gasteiger charge is 2.36. The molecule has 5 nitrogen and oxygen atoms in total. The highest BCUT2D eigenvalue weighted by molar-refractivity contribution is 6.34. The number of amides is 1. The van der Waals surface area contributed by atoms with E-state index in [0.717, 1.165) is 17.8 Å². The van der Waals surface area contributed by atoms with Crippen molar-refractivity contribution in [3.63, 3.8) is 0 Å². The average molecular weight is 317 g/mol. The summed E-state index contributed by atoms with van der Waals surface area (Å²) in [5, 5.41) is 0.592. The number of rotatable bonds is 3. The summed E-state index contributed by atoms with van der Waals surface area (Å²) in [6, 6.07) is 7.17. The molecule has 3 rings (SSSR count). The summed E-state index contributed by atoms with van der Waals surface area (Å²) in [7, 11) is 1.88. The van der Waals surface area contributed by atoms with Gasteiger partial charge in [-0.05, 0) is 25.5 Å². The predicted octanol–water partition coefficient (Wildman–Crippen LogP) is 2.68. The van der Waals surface area contributed by atoms with Crippen LogP contribution in [0.2, 0.25) is 5.02 Å². The van der Waals surface area contributed by atoms with Gasteiger partial charge in [-0.1, -0.05) is 23.7 Å². The molecule has 0 N–H and O–H groups in total. The van der Waals surface area contributed by atoms with Crippen molar-refractivity contribution in [1.29, 1.82) is 0 Å². The van der Waals surface area contributed by atoms with Crippen molar-refractivity contribution in [3.8, 4) is 0 Å². The van der Waals surface area contributed by atoms with Crippen molar-refractivity contribution < 1.29 is 4.79 Å². The second-order valence-corrected chi connectivity index (χ2v) is 5.78. The molecule has 0 bridgehead atoms. The molecule has 2 aromatic rings. The Balaban J connectivity index is 1.83. The van der Waals surface area contributed by atoms with Crippen molar-refractivity contribution >= 4 is 29.0 Å². The molecule has 1 amide bonds. The maximum Gasteiger partial charge on any atom is 0.249 e. The molecule has 0 radical (unpaired) electrons. The monoisotopic (exact) mass is 316 g/mol.